The molecule has 5 rings (SSSR count). The van der Waals surface area contributed by atoms with Gasteiger partial charge in [-0.15, -0.1) is 0 Å². The van der Waals surface area contributed by atoms with E-state index in [-0.39, 0.29) is 43.6 Å². The van der Waals surface area contributed by atoms with Crippen LogP contribution in [0, 0.1) is 0 Å². The molecule has 0 saturated carbocycles. The summed E-state index contributed by atoms with van der Waals surface area (Å²) in [6, 6.07) is 12.0. The number of hydrogen-bond acceptors (Lipinski definition) is 8. The fourth-order valence-electron chi connectivity index (χ4n) is 5.20. The topological polar surface area (TPSA) is 142 Å². The van der Waals surface area contributed by atoms with Crippen LogP contribution in [0.3, 0.4) is 0 Å². The molecule has 1 atom stereocenters. The van der Waals surface area contributed by atoms with Crippen LogP contribution in [0.15, 0.2) is 58.2 Å². The minimum Gasteiger partial charge on any atom is -0.454 e. The van der Waals surface area contributed by atoms with Crippen molar-refractivity contribution in [2.24, 2.45) is 0 Å². The quantitative estimate of drug-likeness (QED) is 0.351. The molecule has 0 bridgehead atoms. The summed E-state index contributed by atoms with van der Waals surface area (Å²) in [7, 11) is -4.20. The van der Waals surface area contributed by atoms with Crippen molar-refractivity contribution in [3.05, 3.63) is 68.7 Å². The lowest BCUT2D eigenvalue weighted by Gasteiger charge is -2.34. The van der Waals surface area contributed by atoms with Crippen molar-refractivity contribution < 1.29 is 32.6 Å². The Kier molecular flexibility index (Phi) is 8.89. The molecule has 0 aliphatic carbocycles. The van der Waals surface area contributed by atoms with Gasteiger partial charge in [-0.25, -0.2) is 23.1 Å². The Morgan fingerprint density at radius 2 is 1.70 bits per heavy atom. The van der Waals surface area contributed by atoms with Gasteiger partial charge in [-0.05, 0) is 42.8 Å². The number of anilines is 2. The average Bonchev–Trinajstić information content (AvgIpc) is 3.50. The molecule has 2 aliphatic heterocycles. The van der Waals surface area contributed by atoms with Gasteiger partial charge in [-0.2, -0.15) is 4.31 Å². The zero-order valence-electron chi connectivity index (χ0n) is 22.7. The molecule has 16 heteroatoms. The van der Waals surface area contributed by atoms with Crippen molar-refractivity contribution in [2.75, 3.05) is 44.3 Å². The summed E-state index contributed by atoms with van der Waals surface area (Å²) >= 11 is 15.9. The first-order valence-corrected chi connectivity index (χ1v) is 16.0. The van der Waals surface area contributed by atoms with Crippen LogP contribution in [0.4, 0.5) is 11.6 Å². The number of fused-ring (bicyclic) bond motifs is 1. The summed E-state index contributed by atoms with van der Waals surface area (Å²) in [5.41, 5.74) is -0.264. The minimum absolute atomic E-state index is 0.0342. The van der Waals surface area contributed by atoms with Gasteiger partial charge in [-0.1, -0.05) is 51.3 Å². The van der Waals surface area contributed by atoms with Gasteiger partial charge in [0.15, 0.2) is 11.6 Å². The number of nitrogens with zero attached hydrogens (tertiary/aromatic N) is 5. The van der Waals surface area contributed by atoms with Crippen molar-refractivity contribution in [1.29, 1.82) is 0 Å². The summed E-state index contributed by atoms with van der Waals surface area (Å²) in [6.45, 7) is 0.303. The number of aliphatic hydroxyl groups is 1. The molecule has 2 aliphatic rings. The van der Waals surface area contributed by atoms with Crippen LogP contribution in [0.25, 0.3) is 0 Å². The predicted octanol–water partition coefficient (Wildman–Crippen LogP) is 2.96. The lowest BCUT2D eigenvalue weighted by Crippen LogP contribution is -2.52. The molecular weight excluding hydrogens is 689 g/mol. The minimum atomic E-state index is -4.20. The number of imidazole rings is 1. The highest BCUT2D eigenvalue weighted by atomic mass is 79.9. The highest BCUT2D eigenvalue weighted by molar-refractivity contribution is 9.10. The number of aromatic nitrogens is 2. The zero-order valence-corrected chi connectivity index (χ0v) is 26.7. The van der Waals surface area contributed by atoms with Crippen LogP contribution >= 0.6 is 39.1 Å². The molecule has 12 nitrogen and oxygen atoms in total. The number of rotatable bonds is 8. The molecular formula is C27H26BrCl2N5O7S. The first kappa shape index (κ1) is 31.4. The van der Waals surface area contributed by atoms with E-state index in [1.807, 2.05) is 24.3 Å². The maximum absolute atomic E-state index is 14.2. The fourth-order valence-corrected chi connectivity index (χ4v) is 7.59. The molecule has 3 heterocycles. The Morgan fingerprint density at radius 3 is 2.30 bits per heavy atom. The average molecular weight is 715 g/mol. The Bertz CT molecular complexity index is 1670. The third kappa shape index (κ3) is 6.04. The Morgan fingerprint density at radius 1 is 1.07 bits per heavy atom. The number of esters is 1. The summed E-state index contributed by atoms with van der Waals surface area (Å²) in [5, 5.41) is 9.18. The third-order valence-electron chi connectivity index (χ3n) is 7.32. The highest BCUT2D eigenvalue weighted by Gasteiger charge is 2.52. The van der Waals surface area contributed by atoms with E-state index in [1.54, 1.807) is 19.1 Å². The maximum Gasteiger partial charge on any atom is 0.332 e. The van der Waals surface area contributed by atoms with Crippen LogP contribution in [0.2, 0.25) is 10.0 Å². The molecule has 1 aromatic heterocycles. The van der Waals surface area contributed by atoms with Crippen molar-refractivity contribution >= 4 is 78.6 Å². The molecule has 3 aromatic rings. The van der Waals surface area contributed by atoms with Gasteiger partial charge in [0.25, 0.3) is 21.8 Å². The molecule has 1 N–H and O–H groups in total. The number of piperazine rings is 1. The number of sulfonamides is 1. The number of amides is 2. The van der Waals surface area contributed by atoms with E-state index in [4.69, 9.17) is 28.3 Å². The monoisotopic (exact) mass is 713 g/mol. The smallest absolute Gasteiger partial charge is 0.332 e. The first-order valence-electron chi connectivity index (χ1n) is 13.0. The maximum atomic E-state index is 14.2. The van der Waals surface area contributed by atoms with E-state index >= 15 is 0 Å². The zero-order chi connectivity index (χ0) is 31.1. The van der Waals surface area contributed by atoms with Gasteiger partial charge in [-0.3, -0.25) is 14.2 Å². The number of benzene rings is 2. The van der Waals surface area contributed by atoms with E-state index in [0.29, 0.717) is 15.7 Å². The van der Waals surface area contributed by atoms with Crippen LogP contribution in [-0.2, 0) is 41.1 Å². The Balaban J connectivity index is 1.49. The molecule has 1 fully saturated rings. The lowest BCUT2D eigenvalue weighted by atomic mass is 9.92. The Hall–Kier alpha value is -3.01. The van der Waals surface area contributed by atoms with Crippen LogP contribution in [0.5, 0.6) is 0 Å². The number of carbonyl (C=O) groups excluding carboxylic acids is 3. The van der Waals surface area contributed by atoms with E-state index < -0.39 is 46.6 Å². The molecule has 1 unspecified atom stereocenters. The van der Waals surface area contributed by atoms with Gasteiger partial charge >= 0.3 is 5.97 Å². The normalized spacial score (nSPS) is 19.0. The van der Waals surface area contributed by atoms with Gasteiger partial charge < -0.3 is 14.7 Å². The standard InChI is InChI=1S/C27H26BrCl2N5O7S/c1-27(13-17-2-4-18(28)5-3-17)25(39)34(21-11-19(29)10-20(30)12-21)26-31-14-23(35(26)27)43(40,41)33-8-6-32(7-9-33)22(37)16-42-24(38)15-36/h2-5,10-12,14,36H,6-9,13,15-16H2,1H3. The molecule has 2 aromatic carbocycles. The third-order valence-corrected chi connectivity index (χ3v) is 10.1. The van der Waals surface area contributed by atoms with Crippen LogP contribution in [0.1, 0.15) is 12.5 Å². The number of ether oxygens (including phenoxy) is 1. The molecule has 0 radical (unpaired) electrons. The van der Waals surface area contributed by atoms with E-state index in [0.717, 1.165) is 10.0 Å². The number of hydrogen-bond donors (Lipinski definition) is 1. The molecule has 43 heavy (non-hydrogen) atoms. The fraction of sp³-hybridized carbons (Fsp3) is 0.333. The van der Waals surface area contributed by atoms with Crippen molar-refractivity contribution in [3.63, 3.8) is 0 Å². The summed E-state index contributed by atoms with van der Waals surface area (Å²) in [6.07, 6.45) is 1.38. The summed E-state index contributed by atoms with van der Waals surface area (Å²) in [5.74, 6) is -1.76. The largest absolute Gasteiger partial charge is 0.454 e. The second-order valence-electron chi connectivity index (χ2n) is 10.2. The molecule has 228 valence electrons. The van der Waals surface area contributed by atoms with Gasteiger partial charge in [0.1, 0.15) is 12.1 Å². The number of halogens is 3. The van der Waals surface area contributed by atoms with Gasteiger partial charge in [0.05, 0.1) is 11.9 Å². The number of carbonyl (C=O) groups is 3. The first-order chi connectivity index (χ1) is 20.3. The second kappa shape index (κ2) is 12.2. The summed E-state index contributed by atoms with van der Waals surface area (Å²) in [4.78, 5) is 44.9. The summed E-state index contributed by atoms with van der Waals surface area (Å²) < 4.78 is 36.3. The van der Waals surface area contributed by atoms with Crippen LogP contribution < -0.4 is 4.90 Å². The van der Waals surface area contributed by atoms with E-state index in [9.17, 15) is 22.8 Å². The predicted molar refractivity (Wildman–Crippen MR) is 161 cm³/mol. The molecule has 2 amide bonds. The lowest BCUT2D eigenvalue weighted by molar-refractivity contribution is -0.154. The SMILES string of the molecule is CC1(Cc2ccc(Br)cc2)C(=O)N(c2cc(Cl)cc(Cl)c2)c2ncc(S(=O)(=O)N3CCN(C(=O)COC(=O)CO)CC3)n21. The van der Waals surface area contributed by atoms with Gasteiger partial charge in [0, 0.05) is 47.1 Å². The van der Waals surface area contributed by atoms with E-state index in [1.165, 1.54) is 30.9 Å². The van der Waals surface area contributed by atoms with Crippen LogP contribution in [-0.4, -0.2) is 89.5 Å². The second-order valence-corrected chi connectivity index (χ2v) is 13.9. The van der Waals surface area contributed by atoms with E-state index in [2.05, 4.69) is 25.7 Å². The van der Waals surface area contributed by atoms with Crippen molar-refractivity contribution in [2.45, 2.75) is 23.9 Å². The molecule has 0 spiro atoms. The Labute approximate surface area is 265 Å². The molecule has 1 saturated heterocycles. The van der Waals surface area contributed by atoms with Gasteiger partial charge in [0.2, 0.25) is 5.95 Å². The highest BCUT2D eigenvalue weighted by Crippen LogP contribution is 2.45. The number of aliphatic hydroxyl groups excluding tert-OH is 1. The van der Waals surface area contributed by atoms with Crippen molar-refractivity contribution in [3.8, 4) is 0 Å². The van der Waals surface area contributed by atoms with Crippen molar-refractivity contribution in [1.82, 2.24) is 18.8 Å².